The zero-order valence-corrected chi connectivity index (χ0v) is 18.1. The van der Waals surface area contributed by atoms with Crippen LogP contribution in [0.25, 0.3) is 6.08 Å². The monoisotopic (exact) mass is 421 g/mol. The van der Waals surface area contributed by atoms with Gasteiger partial charge in [0.2, 0.25) is 11.8 Å². The molecule has 164 valence electrons. The maximum Gasteiger partial charge on any atom is 0.243 e. The van der Waals surface area contributed by atoms with Gasteiger partial charge in [-0.25, -0.2) is 0 Å². The molecule has 6 heteroatoms. The number of carbonyl (C=O) groups excluding carboxylic acids is 2. The molecule has 1 aliphatic rings. The van der Waals surface area contributed by atoms with Crippen molar-refractivity contribution >= 4 is 23.6 Å². The van der Waals surface area contributed by atoms with E-state index in [-0.39, 0.29) is 11.8 Å². The molecular formula is C25H31N3O3. The second kappa shape index (κ2) is 11.8. The number of benzene rings is 2. The highest BCUT2D eigenvalue weighted by atomic mass is 16.5. The van der Waals surface area contributed by atoms with E-state index in [1.807, 2.05) is 54.3 Å². The third-order valence-electron chi connectivity index (χ3n) is 5.24. The maximum atomic E-state index is 12.4. The van der Waals surface area contributed by atoms with Gasteiger partial charge < -0.3 is 19.9 Å². The number of rotatable bonds is 9. The summed E-state index contributed by atoms with van der Waals surface area (Å²) >= 11 is 0. The van der Waals surface area contributed by atoms with Gasteiger partial charge in [0.1, 0.15) is 5.75 Å². The number of carbonyl (C=O) groups is 2. The Hall–Kier alpha value is -3.28. The first-order valence-electron chi connectivity index (χ1n) is 10.9. The lowest BCUT2D eigenvalue weighted by Crippen LogP contribution is -2.48. The molecule has 3 rings (SSSR count). The van der Waals surface area contributed by atoms with Crippen molar-refractivity contribution in [3.05, 3.63) is 66.2 Å². The maximum absolute atomic E-state index is 12.4. The summed E-state index contributed by atoms with van der Waals surface area (Å²) in [4.78, 5) is 28.7. The fourth-order valence-electron chi connectivity index (χ4n) is 3.53. The molecule has 31 heavy (non-hydrogen) atoms. The Morgan fingerprint density at radius 1 is 1.00 bits per heavy atom. The predicted molar refractivity (Wildman–Crippen MR) is 124 cm³/mol. The fraction of sp³-hybridized carbons (Fsp3) is 0.360. The van der Waals surface area contributed by atoms with Crippen molar-refractivity contribution in [2.45, 2.75) is 19.8 Å². The number of hydrogen-bond donors (Lipinski definition) is 1. The van der Waals surface area contributed by atoms with Crippen LogP contribution in [0.15, 0.2) is 60.7 Å². The largest absolute Gasteiger partial charge is 0.494 e. The Balaban J connectivity index is 1.31. The third-order valence-corrected chi connectivity index (χ3v) is 5.24. The van der Waals surface area contributed by atoms with Crippen molar-refractivity contribution in [1.82, 2.24) is 10.2 Å². The molecule has 2 amide bonds. The van der Waals surface area contributed by atoms with Gasteiger partial charge in [-0.05, 0) is 49.2 Å². The highest BCUT2D eigenvalue weighted by Gasteiger charge is 2.20. The van der Waals surface area contributed by atoms with E-state index in [4.69, 9.17) is 4.74 Å². The van der Waals surface area contributed by atoms with Crippen LogP contribution in [-0.2, 0) is 9.59 Å². The van der Waals surface area contributed by atoms with Crippen molar-refractivity contribution in [1.29, 1.82) is 0 Å². The van der Waals surface area contributed by atoms with Crippen LogP contribution in [0.2, 0.25) is 0 Å². The number of nitrogens with one attached hydrogen (secondary N) is 1. The first kappa shape index (κ1) is 22.4. The van der Waals surface area contributed by atoms with Gasteiger partial charge in [0.15, 0.2) is 0 Å². The molecule has 0 radical (unpaired) electrons. The summed E-state index contributed by atoms with van der Waals surface area (Å²) in [6.45, 7) is 6.24. The quantitative estimate of drug-likeness (QED) is 0.498. The molecule has 0 bridgehead atoms. The van der Waals surface area contributed by atoms with Crippen LogP contribution in [-0.4, -0.2) is 56.0 Å². The highest BCUT2D eigenvalue weighted by Crippen LogP contribution is 2.16. The van der Waals surface area contributed by atoms with Gasteiger partial charge >= 0.3 is 0 Å². The second-order valence-electron chi connectivity index (χ2n) is 7.43. The smallest absolute Gasteiger partial charge is 0.243 e. The normalized spacial score (nSPS) is 14.0. The van der Waals surface area contributed by atoms with Crippen molar-refractivity contribution < 1.29 is 14.3 Å². The van der Waals surface area contributed by atoms with Gasteiger partial charge in [-0.15, -0.1) is 0 Å². The number of amides is 2. The number of ether oxygens (including phenoxy) is 1. The van der Waals surface area contributed by atoms with Crippen LogP contribution in [0.4, 0.5) is 5.69 Å². The van der Waals surface area contributed by atoms with Gasteiger partial charge in [-0.2, -0.15) is 0 Å². The lowest BCUT2D eigenvalue weighted by molar-refractivity contribution is -0.131. The molecule has 1 saturated heterocycles. The van der Waals surface area contributed by atoms with Gasteiger partial charge in [0.05, 0.1) is 6.61 Å². The Bertz CT molecular complexity index is 857. The van der Waals surface area contributed by atoms with Crippen LogP contribution in [0.5, 0.6) is 5.75 Å². The molecule has 1 fully saturated rings. The molecule has 0 aliphatic carbocycles. The summed E-state index contributed by atoms with van der Waals surface area (Å²) in [5.41, 5.74) is 2.14. The molecule has 0 atom stereocenters. The predicted octanol–water partition coefficient (Wildman–Crippen LogP) is 3.34. The Labute approximate surface area is 184 Å². The lowest BCUT2D eigenvalue weighted by Gasteiger charge is -2.36. The Morgan fingerprint density at radius 2 is 1.71 bits per heavy atom. The number of hydrogen-bond acceptors (Lipinski definition) is 4. The summed E-state index contributed by atoms with van der Waals surface area (Å²) in [6.07, 6.45) is 4.37. The lowest BCUT2D eigenvalue weighted by atomic mass is 10.2. The molecule has 2 aromatic rings. The zero-order chi connectivity index (χ0) is 21.9. The van der Waals surface area contributed by atoms with E-state index < -0.39 is 0 Å². The van der Waals surface area contributed by atoms with E-state index in [0.717, 1.165) is 37.5 Å². The Morgan fingerprint density at radius 3 is 2.39 bits per heavy atom. The van der Waals surface area contributed by atoms with E-state index >= 15 is 0 Å². The molecule has 6 nitrogen and oxygen atoms in total. The van der Waals surface area contributed by atoms with Crippen molar-refractivity contribution in [2.24, 2.45) is 0 Å². The fourth-order valence-corrected chi connectivity index (χ4v) is 3.53. The molecule has 0 saturated carbocycles. The summed E-state index contributed by atoms with van der Waals surface area (Å²) in [6, 6.07) is 17.9. The van der Waals surface area contributed by atoms with Crippen LogP contribution in [0.3, 0.4) is 0 Å². The van der Waals surface area contributed by atoms with Gasteiger partial charge in [-0.3, -0.25) is 9.59 Å². The average Bonchev–Trinajstić information content (AvgIpc) is 2.82. The number of para-hydroxylation sites is 1. The molecule has 1 heterocycles. The molecule has 0 aromatic heterocycles. The van der Waals surface area contributed by atoms with Crippen molar-refractivity contribution in [2.75, 3.05) is 44.2 Å². The first-order chi connectivity index (χ1) is 15.2. The van der Waals surface area contributed by atoms with E-state index in [1.54, 1.807) is 6.08 Å². The zero-order valence-electron chi connectivity index (χ0n) is 18.1. The average molecular weight is 422 g/mol. The molecule has 0 spiro atoms. The number of piperazine rings is 1. The minimum absolute atomic E-state index is 0.155. The SMILES string of the molecule is CCOc1ccc(C=CC(=O)NCCCC(=O)N2CCN(c3ccccc3)CC2)cc1. The van der Waals surface area contributed by atoms with Gasteiger partial charge in [0, 0.05) is 50.9 Å². The topological polar surface area (TPSA) is 61.9 Å². The molecular weight excluding hydrogens is 390 g/mol. The van der Waals surface area contributed by atoms with E-state index in [1.165, 1.54) is 11.8 Å². The standard InChI is InChI=1S/C25H31N3O3/c1-2-31-23-13-10-21(11-14-23)12-15-24(29)26-16-6-9-25(30)28-19-17-27(18-20-28)22-7-4-3-5-8-22/h3-5,7-8,10-15H,2,6,9,16-20H2,1H3,(H,26,29). The summed E-state index contributed by atoms with van der Waals surface area (Å²) in [5.74, 6) is 0.819. The van der Waals surface area contributed by atoms with Crippen molar-refractivity contribution in [3.63, 3.8) is 0 Å². The van der Waals surface area contributed by atoms with E-state index in [9.17, 15) is 9.59 Å². The number of nitrogens with zero attached hydrogens (tertiary/aromatic N) is 2. The molecule has 1 N–H and O–H groups in total. The molecule has 1 aliphatic heterocycles. The van der Waals surface area contributed by atoms with Gasteiger partial charge in [-0.1, -0.05) is 30.3 Å². The minimum atomic E-state index is -0.155. The highest BCUT2D eigenvalue weighted by molar-refractivity contribution is 5.91. The van der Waals surface area contributed by atoms with E-state index in [2.05, 4.69) is 22.3 Å². The number of anilines is 1. The first-order valence-corrected chi connectivity index (χ1v) is 10.9. The van der Waals surface area contributed by atoms with Crippen LogP contribution in [0, 0.1) is 0 Å². The second-order valence-corrected chi connectivity index (χ2v) is 7.43. The summed E-state index contributed by atoms with van der Waals surface area (Å²) in [7, 11) is 0. The summed E-state index contributed by atoms with van der Waals surface area (Å²) < 4.78 is 5.40. The van der Waals surface area contributed by atoms with Crippen LogP contribution >= 0.6 is 0 Å². The third kappa shape index (κ3) is 7.17. The molecule has 2 aromatic carbocycles. The minimum Gasteiger partial charge on any atom is -0.494 e. The summed E-state index contributed by atoms with van der Waals surface area (Å²) in [5, 5.41) is 2.84. The van der Waals surface area contributed by atoms with Gasteiger partial charge in [0.25, 0.3) is 0 Å². The van der Waals surface area contributed by atoms with Crippen LogP contribution < -0.4 is 15.0 Å². The molecule has 0 unspecified atom stereocenters. The Kier molecular flexibility index (Phi) is 8.52. The van der Waals surface area contributed by atoms with Crippen molar-refractivity contribution in [3.8, 4) is 5.75 Å². The van der Waals surface area contributed by atoms with Crippen LogP contribution in [0.1, 0.15) is 25.3 Å². The van der Waals surface area contributed by atoms with E-state index in [0.29, 0.717) is 26.0 Å².